The van der Waals surface area contributed by atoms with Gasteiger partial charge >= 0.3 is 5.97 Å². The fourth-order valence-corrected chi connectivity index (χ4v) is 14.6. The van der Waals surface area contributed by atoms with Crippen LogP contribution >= 0.6 is 23.2 Å². The molecule has 7 nitrogen and oxygen atoms in total. The molecule has 7 aliphatic rings. The van der Waals surface area contributed by atoms with E-state index in [2.05, 4.69) is 33.0 Å². The highest BCUT2D eigenvalue weighted by molar-refractivity contribution is 6.32. The second-order valence-corrected chi connectivity index (χ2v) is 25.1. The Morgan fingerprint density at radius 3 is 1.61 bits per heavy atom. The summed E-state index contributed by atoms with van der Waals surface area (Å²) >= 11 is 13.2. The highest BCUT2D eigenvalue weighted by Crippen LogP contribution is 2.71. The van der Waals surface area contributed by atoms with Crippen LogP contribution in [0.2, 0.25) is 10.0 Å². The summed E-state index contributed by atoms with van der Waals surface area (Å²) in [5, 5.41) is 24.4. The number of rotatable bonds is 10. The number of ether oxygens (including phenoxy) is 1. The Balaban J connectivity index is 0.000000210. The zero-order valence-corrected chi connectivity index (χ0v) is 42.3. The van der Waals surface area contributed by atoms with Gasteiger partial charge in [0.25, 0.3) is 11.8 Å². The molecule has 0 spiro atoms. The van der Waals surface area contributed by atoms with Gasteiger partial charge in [0.1, 0.15) is 0 Å². The van der Waals surface area contributed by atoms with Crippen molar-refractivity contribution in [1.29, 1.82) is 0 Å². The van der Waals surface area contributed by atoms with Gasteiger partial charge in [-0.2, -0.15) is 0 Å². The fraction of sp³-hybridized carbons (Fsp3) is 0.736. The fourth-order valence-electron chi connectivity index (χ4n) is 14.0. The van der Waals surface area contributed by atoms with Crippen LogP contribution in [0.5, 0.6) is 0 Å². The number of halogens is 6. The number of hydrogen-bond donors (Lipinski definition) is 4. The van der Waals surface area contributed by atoms with Crippen molar-refractivity contribution in [1.82, 2.24) is 5.32 Å². The van der Waals surface area contributed by atoms with E-state index in [1.54, 1.807) is 24.3 Å². The molecule has 2 aromatic carbocycles. The molecule has 0 saturated heterocycles. The van der Waals surface area contributed by atoms with Crippen LogP contribution in [0.15, 0.2) is 36.4 Å². The molecule has 7 aliphatic carbocycles. The minimum atomic E-state index is -2.81. The van der Waals surface area contributed by atoms with Crippen LogP contribution in [-0.4, -0.2) is 59.8 Å². The molecule has 66 heavy (non-hydrogen) atoms. The van der Waals surface area contributed by atoms with Crippen molar-refractivity contribution < 1.29 is 42.1 Å². The Labute approximate surface area is 400 Å². The molecule has 2 bridgehead atoms. The first kappa shape index (κ1) is 51.4. The molecule has 0 radical (unpaired) electrons. The lowest BCUT2D eigenvalue weighted by Crippen LogP contribution is -2.77. The lowest BCUT2D eigenvalue weighted by atomic mass is 9.39. The largest absolute Gasteiger partial charge is 0.469 e. The van der Waals surface area contributed by atoms with E-state index in [4.69, 9.17) is 33.7 Å². The number of carbonyl (C=O) groups is 2. The normalized spacial score (nSPS) is 39.6. The maximum Gasteiger partial charge on any atom is 0.312 e. The Bertz CT molecular complexity index is 2170. The van der Waals surface area contributed by atoms with E-state index in [0.717, 1.165) is 30.4 Å². The van der Waals surface area contributed by atoms with Crippen molar-refractivity contribution in [2.75, 3.05) is 20.3 Å². The average molecular weight is 966 g/mol. The smallest absolute Gasteiger partial charge is 0.312 e. The molecule has 5 N–H and O–H groups in total. The number of nitrogens with one attached hydrogen (secondary N) is 1. The maximum atomic E-state index is 14.9. The minimum Gasteiger partial charge on any atom is -0.469 e. The number of benzene rings is 2. The number of carbonyl (C=O) groups excluding carboxylic acids is 2. The highest BCUT2D eigenvalue weighted by Gasteiger charge is 2.74. The van der Waals surface area contributed by atoms with Crippen molar-refractivity contribution >= 4 is 35.1 Å². The molecule has 368 valence electrons. The number of nitrogens with two attached hydrogens (primary N) is 1. The molecule has 8 unspecified atom stereocenters. The Kier molecular flexibility index (Phi) is 13.4. The van der Waals surface area contributed by atoms with Crippen LogP contribution in [0, 0.1) is 63.6 Å². The van der Waals surface area contributed by atoms with Gasteiger partial charge < -0.3 is 26.0 Å². The maximum absolute atomic E-state index is 14.9. The molecule has 0 aliphatic heterocycles. The third-order valence-corrected chi connectivity index (χ3v) is 18.8. The van der Waals surface area contributed by atoms with E-state index >= 15 is 0 Å². The number of aliphatic hydroxyl groups is 2. The van der Waals surface area contributed by atoms with E-state index in [-0.39, 0.29) is 60.7 Å². The number of esters is 1. The van der Waals surface area contributed by atoms with Crippen molar-refractivity contribution in [2.45, 2.75) is 161 Å². The Hall–Kier alpha value is -2.44. The lowest BCUT2D eigenvalue weighted by molar-refractivity contribution is -0.203. The third-order valence-electron chi connectivity index (χ3n) is 18.2. The summed E-state index contributed by atoms with van der Waals surface area (Å²) in [5.41, 5.74) is 6.18. The van der Waals surface area contributed by atoms with Crippen molar-refractivity contribution in [3.63, 3.8) is 0 Å². The summed E-state index contributed by atoms with van der Waals surface area (Å²) in [7, 11) is 1.39. The predicted molar refractivity (Wildman–Crippen MR) is 252 cm³/mol. The second kappa shape index (κ2) is 17.2. The predicted octanol–water partition coefficient (Wildman–Crippen LogP) is 11.8. The SMILES string of the molecule is COC(=O)C12CC(NC(=O)CC3(c4ccc(C5C(C(C)(C)C)C5(F)F)c(Cl)c4)CC[C@H](C)[C@@H](C)C3CO)(C1)C2.C[C@H]1CCC(N)(c2ccc(C3C(C(C)(C)C)C3(F)F)c(Cl)c2)C(CO)[C@@H]1C. The van der Waals surface area contributed by atoms with Crippen LogP contribution in [-0.2, 0) is 25.3 Å². The number of alkyl halides is 4. The molecule has 7 saturated carbocycles. The summed E-state index contributed by atoms with van der Waals surface area (Å²) in [6.45, 7) is 19.6. The standard InChI is InChI=1S/C31H42ClF2NO4.C22H32ClF2NO/c1-17-9-10-30(21(13-36)18(17)2,12-23(37)35-29-14-28(15-29,16-29)26(38)39-6)19-7-8-20(22(32)11-19)24-25(27(3,4)5)31(24,33)34;1-12-8-9-21(26,16(11-27)13(12)2)14-6-7-15(17(23)10-14)18-19(20(3,4)5)22(18,24)25/h7-8,11,17-18,21,24-25,36H,9-10,12-16H2,1-6H3,(H,35,37);6-7,10,12-13,16,18-19,27H,8-9,11,26H2,1-5H3/t17-,18+,21?,24?,25?,28?,29?,30?;12-,13+,16?,18?,19?,21?/m00/s1. The first-order valence-electron chi connectivity index (χ1n) is 24.2. The summed E-state index contributed by atoms with van der Waals surface area (Å²) in [4.78, 5) is 25.7. The molecule has 9 rings (SSSR count). The second-order valence-electron chi connectivity index (χ2n) is 24.3. The molecule has 0 heterocycles. The first-order valence-corrected chi connectivity index (χ1v) is 24.9. The van der Waals surface area contributed by atoms with Crippen LogP contribution in [0.4, 0.5) is 17.6 Å². The zero-order chi connectivity index (χ0) is 49.1. The van der Waals surface area contributed by atoms with Crippen LogP contribution in [0.3, 0.4) is 0 Å². The lowest BCUT2D eigenvalue weighted by Gasteiger charge is -2.68. The van der Waals surface area contributed by atoms with E-state index in [0.29, 0.717) is 58.7 Å². The van der Waals surface area contributed by atoms with Gasteiger partial charge in [-0.1, -0.05) is 117 Å². The molecule has 13 heteroatoms. The molecular weight excluding hydrogens is 891 g/mol. The van der Waals surface area contributed by atoms with E-state index in [1.165, 1.54) is 7.11 Å². The quantitative estimate of drug-likeness (QED) is 0.139. The van der Waals surface area contributed by atoms with Gasteiger partial charge in [0.05, 0.1) is 24.4 Å². The molecule has 12 atom stereocenters. The molecule has 0 aromatic heterocycles. The molecule has 7 fully saturated rings. The van der Waals surface area contributed by atoms with Gasteiger partial charge in [0, 0.05) is 63.9 Å². The summed E-state index contributed by atoms with van der Waals surface area (Å²) in [6.07, 6.45) is 5.24. The number of aliphatic hydroxyl groups excluding tert-OH is 2. The van der Waals surface area contributed by atoms with Gasteiger partial charge in [-0.25, -0.2) is 17.6 Å². The molecule has 1 amide bonds. The van der Waals surface area contributed by atoms with Crippen LogP contribution in [0.1, 0.15) is 155 Å². The summed E-state index contributed by atoms with van der Waals surface area (Å²) in [6, 6.07) is 10.7. The minimum absolute atomic E-state index is 0.00811. The topological polar surface area (TPSA) is 122 Å². The third kappa shape index (κ3) is 8.44. The van der Waals surface area contributed by atoms with Gasteiger partial charge in [-0.15, -0.1) is 0 Å². The van der Waals surface area contributed by atoms with E-state index in [9.17, 15) is 37.4 Å². The number of hydrogen-bond acceptors (Lipinski definition) is 6. The van der Waals surface area contributed by atoms with Crippen molar-refractivity contribution in [3.05, 3.63) is 68.7 Å². The van der Waals surface area contributed by atoms with Gasteiger partial charge in [-0.3, -0.25) is 9.59 Å². The monoisotopic (exact) mass is 964 g/mol. The van der Waals surface area contributed by atoms with Crippen molar-refractivity contribution in [3.8, 4) is 0 Å². The van der Waals surface area contributed by atoms with Crippen LogP contribution in [0.25, 0.3) is 0 Å². The number of methoxy groups -OCH3 is 1. The molecular formula is C53H74Cl2F4N2O5. The Morgan fingerprint density at radius 1 is 0.742 bits per heavy atom. The molecule has 2 aromatic rings. The summed E-state index contributed by atoms with van der Waals surface area (Å²) < 4.78 is 63.6. The van der Waals surface area contributed by atoms with Gasteiger partial charge in [0.2, 0.25) is 5.91 Å². The van der Waals surface area contributed by atoms with Crippen LogP contribution < -0.4 is 11.1 Å². The Morgan fingerprint density at radius 2 is 1.18 bits per heavy atom. The summed E-state index contributed by atoms with van der Waals surface area (Å²) in [5.74, 6) is -8.08. The zero-order valence-electron chi connectivity index (χ0n) is 40.8. The van der Waals surface area contributed by atoms with E-state index in [1.807, 2.05) is 53.7 Å². The highest BCUT2D eigenvalue weighted by atomic mass is 35.5. The van der Waals surface area contributed by atoms with Crippen molar-refractivity contribution in [2.24, 2.45) is 69.3 Å². The van der Waals surface area contributed by atoms with Gasteiger partial charge in [0.15, 0.2) is 0 Å². The van der Waals surface area contributed by atoms with E-state index < -0.39 is 62.7 Å². The average Bonchev–Trinajstić information content (AvgIpc) is 4.01. The van der Waals surface area contributed by atoms with Gasteiger partial charge in [-0.05, 0) is 120 Å². The number of amides is 1. The first-order chi connectivity index (χ1) is 30.4.